The molecule has 0 bridgehead atoms. The first kappa shape index (κ1) is 18.0. The van der Waals surface area contributed by atoms with Gasteiger partial charge in [-0.15, -0.1) is 0 Å². The second-order valence-corrected chi connectivity index (χ2v) is 6.64. The van der Waals surface area contributed by atoms with Crippen molar-refractivity contribution >= 4 is 34.8 Å². The Hall–Kier alpha value is -3.39. The first-order valence-corrected chi connectivity index (χ1v) is 8.92. The predicted molar refractivity (Wildman–Crippen MR) is 104 cm³/mol. The van der Waals surface area contributed by atoms with E-state index in [0.29, 0.717) is 27.8 Å². The first-order valence-electron chi connectivity index (χ1n) is 8.54. The molecule has 1 aliphatic rings. The normalized spacial score (nSPS) is 15.7. The number of hydrogen-bond acceptors (Lipinski definition) is 5. The first-order chi connectivity index (χ1) is 13.5. The van der Waals surface area contributed by atoms with Crippen molar-refractivity contribution in [2.45, 2.75) is 13.0 Å². The van der Waals surface area contributed by atoms with E-state index in [4.69, 9.17) is 16.3 Å². The van der Waals surface area contributed by atoms with Crippen LogP contribution < -0.4 is 15.0 Å². The van der Waals surface area contributed by atoms with E-state index in [1.165, 1.54) is 22.2 Å². The number of aromatic nitrogens is 3. The Bertz CT molecular complexity index is 1040. The van der Waals surface area contributed by atoms with Crippen LogP contribution in [0.15, 0.2) is 55.1 Å². The Kier molecular flexibility index (Phi) is 4.70. The molecule has 1 aliphatic heterocycles. The van der Waals surface area contributed by atoms with Crippen LogP contribution in [0.1, 0.15) is 6.92 Å². The van der Waals surface area contributed by atoms with Crippen LogP contribution in [-0.2, 0) is 9.59 Å². The van der Waals surface area contributed by atoms with Crippen LogP contribution in [0.4, 0.5) is 11.4 Å². The fourth-order valence-electron chi connectivity index (χ4n) is 3.00. The van der Waals surface area contributed by atoms with Gasteiger partial charge in [0, 0.05) is 5.02 Å². The zero-order valence-corrected chi connectivity index (χ0v) is 15.6. The number of nitrogens with one attached hydrogen (secondary N) is 1. The smallest absolute Gasteiger partial charge is 0.268 e. The maximum absolute atomic E-state index is 12.7. The minimum Gasteiger partial charge on any atom is -0.479 e. The predicted octanol–water partition coefficient (Wildman–Crippen LogP) is 2.67. The van der Waals surface area contributed by atoms with Crippen molar-refractivity contribution in [1.29, 1.82) is 0 Å². The number of anilines is 2. The second kappa shape index (κ2) is 7.32. The molecule has 3 aromatic rings. The molecular weight excluding hydrogens is 382 g/mol. The van der Waals surface area contributed by atoms with Crippen molar-refractivity contribution < 1.29 is 14.3 Å². The van der Waals surface area contributed by atoms with Crippen molar-refractivity contribution in [2.24, 2.45) is 0 Å². The van der Waals surface area contributed by atoms with Crippen LogP contribution in [0.2, 0.25) is 5.02 Å². The summed E-state index contributed by atoms with van der Waals surface area (Å²) in [6.45, 7) is 1.50. The van der Waals surface area contributed by atoms with E-state index in [9.17, 15) is 9.59 Å². The minimum absolute atomic E-state index is 0.160. The van der Waals surface area contributed by atoms with Gasteiger partial charge in [-0.3, -0.25) is 14.5 Å². The molecule has 142 valence electrons. The van der Waals surface area contributed by atoms with E-state index >= 15 is 0 Å². The zero-order chi connectivity index (χ0) is 19.7. The molecule has 9 heteroatoms. The molecule has 1 aromatic heterocycles. The van der Waals surface area contributed by atoms with Gasteiger partial charge in [-0.05, 0) is 37.3 Å². The van der Waals surface area contributed by atoms with E-state index in [0.717, 1.165) is 0 Å². The molecule has 0 fully saturated rings. The van der Waals surface area contributed by atoms with E-state index in [1.54, 1.807) is 43.3 Å². The Labute approximate surface area is 165 Å². The quantitative estimate of drug-likeness (QED) is 0.731. The summed E-state index contributed by atoms with van der Waals surface area (Å²) >= 11 is 6.09. The lowest BCUT2D eigenvalue weighted by atomic mass is 10.2. The van der Waals surface area contributed by atoms with Crippen LogP contribution in [0.5, 0.6) is 5.75 Å². The number of carbonyl (C=O) groups is 2. The molecule has 2 amide bonds. The number of rotatable bonds is 4. The molecule has 0 saturated heterocycles. The molecule has 0 spiro atoms. The number of ether oxygens (including phenoxy) is 1. The third-order valence-electron chi connectivity index (χ3n) is 4.27. The molecule has 0 saturated carbocycles. The number of hydrogen-bond donors (Lipinski definition) is 1. The Morgan fingerprint density at radius 2 is 2.07 bits per heavy atom. The van der Waals surface area contributed by atoms with Gasteiger partial charge in [0.05, 0.1) is 17.1 Å². The summed E-state index contributed by atoms with van der Waals surface area (Å²) in [4.78, 5) is 30.6. The van der Waals surface area contributed by atoms with Gasteiger partial charge in [0.1, 0.15) is 24.9 Å². The molecule has 0 aliphatic carbocycles. The molecule has 4 rings (SSSR count). The van der Waals surface area contributed by atoms with Gasteiger partial charge in [-0.25, -0.2) is 9.67 Å². The average molecular weight is 398 g/mol. The summed E-state index contributed by atoms with van der Waals surface area (Å²) in [6.07, 6.45) is 2.24. The highest BCUT2D eigenvalue weighted by atomic mass is 35.5. The molecule has 1 atom stereocenters. The fourth-order valence-corrected chi connectivity index (χ4v) is 3.17. The topological polar surface area (TPSA) is 89.3 Å². The Balaban J connectivity index is 1.59. The highest BCUT2D eigenvalue weighted by molar-refractivity contribution is 6.31. The van der Waals surface area contributed by atoms with E-state index in [-0.39, 0.29) is 18.4 Å². The maximum Gasteiger partial charge on any atom is 0.268 e. The number of benzene rings is 2. The summed E-state index contributed by atoms with van der Waals surface area (Å²) in [5.41, 5.74) is 1.63. The molecule has 0 radical (unpaired) electrons. The third-order valence-corrected chi connectivity index (χ3v) is 4.51. The van der Waals surface area contributed by atoms with Gasteiger partial charge >= 0.3 is 0 Å². The molecule has 1 N–H and O–H groups in total. The number of para-hydroxylation sites is 2. The summed E-state index contributed by atoms with van der Waals surface area (Å²) < 4.78 is 7.12. The second-order valence-electron chi connectivity index (χ2n) is 6.20. The Morgan fingerprint density at radius 1 is 1.25 bits per heavy atom. The van der Waals surface area contributed by atoms with E-state index in [1.807, 2.05) is 6.07 Å². The van der Waals surface area contributed by atoms with Crippen LogP contribution in [-0.4, -0.2) is 39.2 Å². The standard InChI is InChI=1S/C19H16ClN5O3/c1-12-19(27)24(16-4-2-3-5-17(16)28-12)9-18(26)23-14-8-13(20)6-7-15(14)25-11-21-10-22-25/h2-8,10-12H,9H2,1H3,(H,23,26). The van der Waals surface area contributed by atoms with Crippen molar-refractivity contribution in [3.8, 4) is 11.4 Å². The van der Waals surface area contributed by atoms with Crippen molar-refractivity contribution in [1.82, 2.24) is 14.8 Å². The highest BCUT2D eigenvalue weighted by Gasteiger charge is 2.32. The van der Waals surface area contributed by atoms with E-state index in [2.05, 4.69) is 15.4 Å². The molecule has 8 nitrogen and oxygen atoms in total. The third kappa shape index (κ3) is 3.41. The lowest BCUT2D eigenvalue weighted by Gasteiger charge is -2.32. The lowest BCUT2D eigenvalue weighted by molar-refractivity contribution is -0.127. The van der Waals surface area contributed by atoms with Gasteiger partial charge in [0.15, 0.2) is 6.10 Å². The van der Waals surface area contributed by atoms with Gasteiger partial charge in [-0.1, -0.05) is 23.7 Å². The highest BCUT2D eigenvalue weighted by Crippen LogP contribution is 2.33. The molecule has 28 heavy (non-hydrogen) atoms. The monoisotopic (exact) mass is 397 g/mol. The summed E-state index contributed by atoms with van der Waals surface area (Å²) in [7, 11) is 0. The average Bonchev–Trinajstić information content (AvgIpc) is 3.20. The lowest BCUT2D eigenvalue weighted by Crippen LogP contribution is -2.47. The van der Waals surface area contributed by atoms with Gasteiger partial charge in [0.2, 0.25) is 5.91 Å². The zero-order valence-electron chi connectivity index (χ0n) is 14.9. The molecule has 2 aromatic carbocycles. The molecule has 2 heterocycles. The number of amides is 2. The van der Waals surface area contributed by atoms with Gasteiger partial charge in [0.25, 0.3) is 5.91 Å². The van der Waals surface area contributed by atoms with Crippen LogP contribution in [0.25, 0.3) is 5.69 Å². The molecule has 1 unspecified atom stereocenters. The van der Waals surface area contributed by atoms with E-state index < -0.39 is 6.10 Å². The summed E-state index contributed by atoms with van der Waals surface area (Å²) in [5.74, 6) is -0.0919. The maximum atomic E-state index is 12.7. The molecular formula is C19H16ClN5O3. The van der Waals surface area contributed by atoms with Crippen LogP contribution in [0, 0.1) is 0 Å². The number of halogens is 1. The fraction of sp³-hybridized carbons (Fsp3) is 0.158. The summed E-state index contributed by atoms with van der Waals surface area (Å²) in [6, 6.07) is 12.2. The SMILES string of the molecule is CC1Oc2ccccc2N(CC(=O)Nc2cc(Cl)ccc2-n2cncn2)C1=O. The van der Waals surface area contributed by atoms with Crippen LogP contribution >= 0.6 is 11.6 Å². The largest absolute Gasteiger partial charge is 0.479 e. The number of carbonyl (C=O) groups excluding carboxylic acids is 2. The number of nitrogens with zero attached hydrogens (tertiary/aromatic N) is 4. The van der Waals surface area contributed by atoms with Crippen molar-refractivity contribution in [3.05, 3.63) is 60.1 Å². The summed E-state index contributed by atoms with van der Waals surface area (Å²) in [5, 5.41) is 7.35. The van der Waals surface area contributed by atoms with Crippen molar-refractivity contribution in [2.75, 3.05) is 16.8 Å². The van der Waals surface area contributed by atoms with Crippen LogP contribution in [0.3, 0.4) is 0 Å². The minimum atomic E-state index is -0.667. The van der Waals surface area contributed by atoms with Gasteiger partial charge < -0.3 is 10.1 Å². The Morgan fingerprint density at radius 3 is 2.86 bits per heavy atom. The van der Waals surface area contributed by atoms with Crippen molar-refractivity contribution in [3.63, 3.8) is 0 Å². The van der Waals surface area contributed by atoms with Gasteiger partial charge in [-0.2, -0.15) is 5.10 Å². The number of fused-ring (bicyclic) bond motifs is 1.